The maximum atomic E-state index is 2.30. The third kappa shape index (κ3) is 7.41. The Morgan fingerprint density at radius 1 is 0.933 bits per heavy atom. The van der Waals surface area contributed by atoms with Crippen LogP contribution >= 0.6 is 0 Å². The molecule has 0 spiro atoms. The van der Waals surface area contributed by atoms with Crippen molar-refractivity contribution < 1.29 is 0 Å². The molecule has 1 saturated heterocycles. The van der Waals surface area contributed by atoms with E-state index in [1.165, 1.54) is 57.8 Å². The standard InChI is InChI=1S/C14H28Se/c1-2-3-4-5-6-8-11-14-12-9-7-10-13-15-14/h14H,2-13H2,1H3. The fraction of sp³-hybridized carbons (Fsp3) is 1.00. The van der Waals surface area contributed by atoms with Crippen molar-refractivity contribution in [2.75, 3.05) is 0 Å². The van der Waals surface area contributed by atoms with Gasteiger partial charge in [0, 0.05) is 0 Å². The average molecular weight is 275 g/mol. The summed E-state index contributed by atoms with van der Waals surface area (Å²) in [5.74, 6) is 0. The first kappa shape index (κ1) is 13.6. The summed E-state index contributed by atoms with van der Waals surface area (Å²) in [7, 11) is 0. The normalized spacial score (nSPS) is 22.6. The zero-order valence-corrected chi connectivity index (χ0v) is 12.2. The van der Waals surface area contributed by atoms with Gasteiger partial charge in [-0.3, -0.25) is 0 Å². The van der Waals surface area contributed by atoms with Gasteiger partial charge in [-0.1, -0.05) is 0 Å². The van der Waals surface area contributed by atoms with E-state index in [0.717, 1.165) is 19.8 Å². The summed E-state index contributed by atoms with van der Waals surface area (Å²) < 4.78 is 0. The van der Waals surface area contributed by atoms with Gasteiger partial charge in [0.2, 0.25) is 0 Å². The van der Waals surface area contributed by atoms with Crippen molar-refractivity contribution in [2.45, 2.75) is 87.7 Å². The molecule has 0 amide bonds. The second-order valence-corrected chi connectivity index (χ2v) is 7.85. The molecule has 0 N–H and O–H groups in total. The van der Waals surface area contributed by atoms with Gasteiger partial charge in [0.05, 0.1) is 0 Å². The van der Waals surface area contributed by atoms with E-state index in [-0.39, 0.29) is 0 Å². The van der Waals surface area contributed by atoms with Gasteiger partial charge in [0.1, 0.15) is 0 Å². The molecule has 1 heterocycles. The first-order chi connectivity index (χ1) is 7.43. The minimum atomic E-state index is 1.000. The molecule has 0 aromatic rings. The second-order valence-electron chi connectivity index (χ2n) is 4.90. The van der Waals surface area contributed by atoms with Crippen LogP contribution in [0.3, 0.4) is 0 Å². The van der Waals surface area contributed by atoms with Crippen LogP contribution in [0.15, 0.2) is 0 Å². The van der Waals surface area contributed by atoms with Crippen LogP contribution in [0.4, 0.5) is 0 Å². The summed E-state index contributed by atoms with van der Waals surface area (Å²) >= 11 is 1.000. The van der Waals surface area contributed by atoms with Crippen LogP contribution in [-0.2, 0) is 0 Å². The first-order valence-electron chi connectivity index (χ1n) is 7.05. The first-order valence-corrected chi connectivity index (χ1v) is 9.25. The van der Waals surface area contributed by atoms with Gasteiger partial charge in [0.15, 0.2) is 0 Å². The van der Waals surface area contributed by atoms with Gasteiger partial charge >= 0.3 is 103 Å². The van der Waals surface area contributed by atoms with Crippen molar-refractivity contribution >= 4 is 15.0 Å². The number of rotatable bonds is 7. The van der Waals surface area contributed by atoms with Crippen LogP contribution in [0.25, 0.3) is 0 Å². The van der Waals surface area contributed by atoms with Gasteiger partial charge in [-0.05, 0) is 0 Å². The maximum absolute atomic E-state index is 2.30. The van der Waals surface area contributed by atoms with E-state index in [1.54, 1.807) is 18.2 Å². The average Bonchev–Trinajstić information content (AvgIpc) is 2.52. The van der Waals surface area contributed by atoms with Crippen molar-refractivity contribution in [1.29, 1.82) is 0 Å². The number of hydrogen-bond donors (Lipinski definition) is 0. The van der Waals surface area contributed by atoms with Crippen LogP contribution in [0.5, 0.6) is 0 Å². The van der Waals surface area contributed by atoms with Gasteiger partial charge in [-0.15, -0.1) is 0 Å². The van der Waals surface area contributed by atoms with Crippen LogP contribution in [-0.4, -0.2) is 15.0 Å². The molecule has 15 heavy (non-hydrogen) atoms. The predicted octanol–water partition coefficient (Wildman–Crippen LogP) is 5.22. The summed E-state index contributed by atoms with van der Waals surface area (Å²) in [5, 5.41) is 1.58. The third-order valence-corrected chi connectivity index (χ3v) is 6.48. The fourth-order valence-electron chi connectivity index (χ4n) is 2.36. The zero-order chi connectivity index (χ0) is 10.8. The van der Waals surface area contributed by atoms with Gasteiger partial charge in [-0.2, -0.15) is 0 Å². The Kier molecular flexibility index (Phi) is 8.81. The van der Waals surface area contributed by atoms with Crippen LogP contribution in [0.2, 0.25) is 10.1 Å². The molecule has 1 fully saturated rings. The number of hydrogen-bond acceptors (Lipinski definition) is 0. The molecule has 1 rings (SSSR count). The van der Waals surface area contributed by atoms with Crippen molar-refractivity contribution in [3.8, 4) is 0 Å². The molecule has 0 aromatic carbocycles. The van der Waals surface area contributed by atoms with E-state index in [4.69, 9.17) is 0 Å². The molecule has 0 aromatic heterocycles. The minimum absolute atomic E-state index is 1.000. The second kappa shape index (κ2) is 9.72. The third-order valence-electron chi connectivity index (χ3n) is 3.40. The Bertz CT molecular complexity index is 125. The molecular weight excluding hydrogens is 247 g/mol. The van der Waals surface area contributed by atoms with Crippen molar-refractivity contribution in [3.63, 3.8) is 0 Å². The summed E-state index contributed by atoms with van der Waals surface area (Å²) in [6.07, 6.45) is 16.5. The molecule has 0 aliphatic carbocycles. The predicted molar refractivity (Wildman–Crippen MR) is 70.8 cm³/mol. The van der Waals surface area contributed by atoms with Crippen molar-refractivity contribution in [3.05, 3.63) is 0 Å². The fourth-order valence-corrected chi connectivity index (χ4v) is 5.24. The molecule has 1 unspecified atom stereocenters. The number of unbranched alkanes of at least 4 members (excludes halogenated alkanes) is 5. The molecule has 0 bridgehead atoms. The van der Waals surface area contributed by atoms with E-state index in [0.29, 0.717) is 0 Å². The van der Waals surface area contributed by atoms with E-state index < -0.39 is 0 Å². The Hall–Kier alpha value is 0.519. The van der Waals surface area contributed by atoms with E-state index >= 15 is 0 Å². The van der Waals surface area contributed by atoms with Gasteiger partial charge < -0.3 is 0 Å². The quantitative estimate of drug-likeness (QED) is 0.441. The van der Waals surface area contributed by atoms with Gasteiger partial charge in [0.25, 0.3) is 0 Å². The Balaban J connectivity index is 1.89. The summed E-state index contributed by atoms with van der Waals surface area (Å²) in [5.41, 5.74) is 0. The Morgan fingerprint density at radius 2 is 1.73 bits per heavy atom. The monoisotopic (exact) mass is 276 g/mol. The summed E-state index contributed by atoms with van der Waals surface area (Å²) in [6.45, 7) is 2.30. The summed E-state index contributed by atoms with van der Waals surface area (Å²) in [6, 6.07) is 0. The molecule has 0 saturated carbocycles. The molecular formula is C14H28Se. The zero-order valence-electron chi connectivity index (χ0n) is 10.5. The van der Waals surface area contributed by atoms with E-state index in [1.807, 2.05) is 0 Å². The van der Waals surface area contributed by atoms with Crippen molar-refractivity contribution in [2.24, 2.45) is 0 Å². The van der Waals surface area contributed by atoms with Gasteiger partial charge in [-0.25, -0.2) is 0 Å². The molecule has 1 aliphatic rings. The van der Waals surface area contributed by atoms with E-state index in [9.17, 15) is 0 Å². The molecule has 1 atom stereocenters. The molecule has 90 valence electrons. The molecule has 0 radical (unpaired) electrons. The summed E-state index contributed by atoms with van der Waals surface area (Å²) in [4.78, 5) is 1.16. The van der Waals surface area contributed by atoms with Crippen LogP contribution in [0.1, 0.15) is 77.6 Å². The molecule has 1 heteroatoms. The van der Waals surface area contributed by atoms with Crippen molar-refractivity contribution in [1.82, 2.24) is 0 Å². The molecule has 1 aliphatic heterocycles. The SMILES string of the molecule is CCCCCCCCC1CCCCC[Se]1. The Morgan fingerprint density at radius 3 is 2.60 bits per heavy atom. The molecule has 0 nitrogen and oxygen atoms in total. The topological polar surface area (TPSA) is 0 Å². The van der Waals surface area contributed by atoms with E-state index in [2.05, 4.69) is 6.92 Å². The van der Waals surface area contributed by atoms with Crippen LogP contribution in [0, 0.1) is 0 Å². The van der Waals surface area contributed by atoms with Crippen LogP contribution < -0.4 is 0 Å². The Labute approximate surface area is 103 Å².